The lowest BCUT2D eigenvalue weighted by Gasteiger charge is -2.21. The van der Waals surface area contributed by atoms with Gasteiger partial charge in [0.05, 0.1) is 34.0 Å². The Morgan fingerprint density at radius 1 is 1.22 bits per heavy atom. The van der Waals surface area contributed by atoms with Gasteiger partial charge in [0, 0.05) is 5.56 Å². The molecular formula is C24H18ClFN2O3S. The maximum absolute atomic E-state index is 14.3. The van der Waals surface area contributed by atoms with Crippen LogP contribution in [0.5, 0.6) is 0 Å². The fourth-order valence-electron chi connectivity index (χ4n) is 3.46. The van der Waals surface area contributed by atoms with Gasteiger partial charge in [0.15, 0.2) is 4.80 Å². The Kier molecular flexibility index (Phi) is 6.21. The molecule has 1 aliphatic rings. The topological polar surface area (TPSA) is 60.7 Å². The van der Waals surface area contributed by atoms with E-state index in [1.54, 1.807) is 19.1 Å². The third kappa shape index (κ3) is 4.09. The van der Waals surface area contributed by atoms with E-state index in [4.69, 9.17) is 16.3 Å². The number of fused-ring (bicyclic) bond motifs is 1. The fourth-order valence-corrected chi connectivity index (χ4v) is 4.72. The van der Waals surface area contributed by atoms with Gasteiger partial charge >= 0.3 is 5.97 Å². The molecule has 0 spiro atoms. The number of hydrogen-bond acceptors (Lipinski definition) is 5. The number of halogens is 2. The van der Waals surface area contributed by atoms with E-state index in [2.05, 4.69) is 4.99 Å². The number of methoxy groups -OCH3 is 1. The first-order chi connectivity index (χ1) is 15.4. The summed E-state index contributed by atoms with van der Waals surface area (Å²) >= 11 is 7.24. The van der Waals surface area contributed by atoms with E-state index in [1.165, 1.54) is 29.9 Å². The van der Waals surface area contributed by atoms with Crippen molar-refractivity contribution in [3.05, 3.63) is 108 Å². The van der Waals surface area contributed by atoms with E-state index in [9.17, 15) is 14.0 Å². The number of carbonyl (C=O) groups excluding carboxylic acids is 1. The Bertz CT molecular complexity index is 1420. The predicted octanol–water partition coefficient (Wildman–Crippen LogP) is 3.87. The summed E-state index contributed by atoms with van der Waals surface area (Å²) in [6, 6.07) is 13.1. The molecule has 1 atom stereocenters. The zero-order valence-electron chi connectivity index (χ0n) is 17.2. The number of rotatable bonds is 4. The van der Waals surface area contributed by atoms with E-state index in [0.717, 1.165) is 16.9 Å². The van der Waals surface area contributed by atoms with Crippen molar-refractivity contribution in [1.29, 1.82) is 0 Å². The van der Waals surface area contributed by atoms with Crippen molar-refractivity contribution < 1.29 is 13.9 Å². The van der Waals surface area contributed by atoms with Gasteiger partial charge in [0.25, 0.3) is 5.56 Å². The number of aromatic nitrogens is 1. The molecule has 4 rings (SSSR count). The second-order valence-electron chi connectivity index (χ2n) is 7.02. The summed E-state index contributed by atoms with van der Waals surface area (Å²) in [5.41, 5.74) is 1.36. The highest BCUT2D eigenvalue weighted by Crippen LogP contribution is 2.26. The van der Waals surface area contributed by atoms with Gasteiger partial charge < -0.3 is 4.74 Å². The molecule has 2 aromatic carbocycles. The molecule has 1 aliphatic heterocycles. The molecule has 0 fully saturated rings. The minimum Gasteiger partial charge on any atom is -0.466 e. The predicted molar refractivity (Wildman–Crippen MR) is 124 cm³/mol. The van der Waals surface area contributed by atoms with Gasteiger partial charge in [-0.05, 0) is 30.7 Å². The number of thiazole rings is 1. The Labute approximate surface area is 192 Å². The van der Waals surface area contributed by atoms with Crippen LogP contribution in [-0.2, 0) is 9.53 Å². The van der Waals surface area contributed by atoms with Gasteiger partial charge in [-0.25, -0.2) is 14.2 Å². The molecule has 32 heavy (non-hydrogen) atoms. The van der Waals surface area contributed by atoms with Crippen LogP contribution in [0.1, 0.15) is 24.1 Å². The van der Waals surface area contributed by atoms with Crippen molar-refractivity contribution in [2.45, 2.75) is 13.0 Å². The Morgan fingerprint density at radius 3 is 2.66 bits per heavy atom. The van der Waals surface area contributed by atoms with Gasteiger partial charge in [0.2, 0.25) is 0 Å². The van der Waals surface area contributed by atoms with Gasteiger partial charge in [-0.3, -0.25) is 9.36 Å². The average Bonchev–Trinajstić information content (AvgIpc) is 3.09. The van der Waals surface area contributed by atoms with Crippen LogP contribution >= 0.6 is 22.9 Å². The van der Waals surface area contributed by atoms with Crippen LogP contribution in [0.3, 0.4) is 0 Å². The highest BCUT2D eigenvalue weighted by atomic mass is 35.5. The summed E-state index contributed by atoms with van der Waals surface area (Å²) in [6.45, 7) is 1.69. The van der Waals surface area contributed by atoms with Crippen LogP contribution in [0.25, 0.3) is 12.2 Å². The maximum Gasteiger partial charge on any atom is 0.338 e. The highest BCUT2D eigenvalue weighted by Gasteiger charge is 2.30. The molecule has 0 saturated heterocycles. The highest BCUT2D eigenvalue weighted by molar-refractivity contribution is 7.07. The number of benzene rings is 2. The van der Waals surface area contributed by atoms with Crippen LogP contribution in [0.4, 0.5) is 4.39 Å². The lowest BCUT2D eigenvalue weighted by molar-refractivity contribution is -0.136. The molecule has 3 aromatic rings. The third-order valence-corrected chi connectivity index (χ3v) is 6.33. The first-order valence-corrected chi connectivity index (χ1v) is 10.9. The molecule has 5 nitrogen and oxygen atoms in total. The van der Waals surface area contributed by atoms with Crippen LogP contribution in [0, 0.1) is 5.82 Å². The Hall–Kier alpha value is -3.29. The number of hydrogen-bond donors (Lipinski definition) is 0. The van der Waals surface area contributed by atoms with Gasteiger partial charge in [-0.2, -0.15) is 0 Å². The van der Waals surface area contributed by atoms with Crippen LogP contribution in [0.15, 0.2) is 75.7 Å². The molecule has 0 amide bonds. The quantitative estimate of drug-likeness (QED) is 0.546. The summed E-state index contributed by atoms with van der Waals surface area (Å²) in [6.07, 6.45) is 5.01. The first kappa shape index (κ1) is 21.9. The monoisotopic (exact) mass is 468 g/mol. The van der Waals surface area contributed by atoms with Crippen molar-refractivity contribution in [3.63, 3.8) is 0 Å². The lowest BCUT2D eigenvalue weighted by Crippen LogP contribution is -2.38. The number of allylic oxidation sites excluding steroid dienone is 2. The molecule has 0 radical (unpaired) electrons. The molecule has 0 saturated carbocycles. The Morgan fingerprint density at radius 2 is 1.97 bits per heavy atom. The molecule has 0 N–H and O–H groups in total. The fraction of sp³-hybridized carbons (Fsp3) is 0.125. The molecule has 8 heteroatoms. The number of nitrogens with zero attached hydrogens (tertiary/aromatic N) is 2. The van der Waals surface area contributed by atoms with Crippen LogP contribution < -0.4 is 14.9 Å². The summed E-state index contributed by atoms with van der Waals surface area (Å²) in [5, 5.41) is 0.197. The molecule has 1 aromatic heterocycles. The van der Waals surface area contributed by atoms with E-state index < -0.39 is 23.4 Å². The largest absolute Gasteiger partial charge is 0.466 e. The average molecular weight is 469 g/mol. The van der Waals surface area contributed by atoms with Crippen molar-refractivity contribution in [2.24, 2.45) is 4.99 Å². The van der Waals surface area contributed by atoms with Crippen LogP contribution in [-0.4, -0.2) is 17.6 Å². The van der Waals surface area contributed by atoms with Gasteiger partial charge in [0.1, 0.15) is 5.82 Å². The molecule has 1 unspecified atom stereocenters. The number of ether oxygens (including phenoxy) is 1. The minimum atomic E-state index is -0.725. The van der Waals surface area contributed by atoms with Crippen LogP contribution in [0.2, 0.25) is 5.02 Å². The zero-order valence-corrected chi connectivity index (χ0v) is 18.8. The first-order valence-electron chi connectivity index (χ1n) is 9.69. The van der Waals surface area contributed by atoms with E-state index in [1.807, 2.05) is 36.4 Å². The van der Waals surface area contributed by atoms with Crippen molar-refractivity contribution >= 4 is 41.1 Å². The second-order valence-corrected chi connectivity index (χ2v) is 8.44. The smallest absolute Gasteiger partial charge is 0.338 e. The van der Waals surface area contributed by atoms with Crippen molar-refractivity contribution in [2.75, 3.05) is 7.11 Å². The van der Waals surface area contributed by atoms with E-state index in [-0.39, 0.29) is 20.7 Å². The normalized spacial score (nSPS) is 16.2. The summed E-state index contributed by atoms with van der Waals surface area (Å²) in [4.78, 5) is 30.7. The SMILES string of the molecule is COC(=O)C1=C(C)N=c2s/c(=C\c3c(F)cccc3Cl)c(=O)n2C1/C=C/c1ccccc1. The third-order valence-electron chi connectivity index (χ3n) is 5.01. The standard InChI is InChI=1S/C24H18ClFN2O3S/c1-14-21(23(30)31-2)19(12-11-15-7-4-3-5-8-15)28-22(29)20(32-24(28)27-14)13-16-17(25)9-6-10-18(16)26/h3-13,19H,1-2H3/b12-11+,20-13-. The zero-order chi connectivity index (χ0) is 22.8. The maximum atomic E-state index is 14.3. The van der Waals surface area contributed by atoms with Gasteiger partial charge in [-0.1, -0.05) is 71.5 Å². The molecule has 162 valence electrons. The summed E-state index contributed by atoms with van der Waals surface area (Å²) in [5.74, 6) is -1.10. The van der Waals surface area contributed by atoms with E-state index >= 15 is 0 Å². The molecule has 0 aliphatic carbocycles. The lowest BCUT2D eigenvalue weighted by atomic mass is 10.0. The van der Waals surface area contributed by atoms with Gasteiger partial charge in [-0.15, -0.1) is 0 Å². The minimum absolute atomic E-state index is 0.125. The van der Waals surface area contributed by atoms with E-state index in [0.29, 0.717) is 10.5 Å². The molecular weight excluding hydrogens is 451 g/mol. The summed E-state index contributed by atoms with van der Waals surface area (Å²) in [7, 11) is 1.28. The molecule has 0 bridgehead atoms. The second kappa shape index (κ2) is 9.06. The number of carbonyl (C=O) groups is 1. The van der Waals surface area contributed by atoms with Crippen molar-refractivity contribution in [3.8, 4) is 0 Å². The molecule has 2 heterocycles. The summed E-state index contributed by atoms with van der Waals surface area (Å²) < 4.78 is 20.9. The number of esters is 1. The van der Waals surface area contributed by atoms with Crippen molar-refractivity contribution in [1.82, 2.24) is 4.57 Å². The Balaban J connectivity index is 1.92.